The van der Waals surface area contributed by atoms with Gasteiger partial charge < -0.3 is 5.32 Å². The molecule has 2 rings (SSSR count). The number of benzene rings is 2. The fourth-order valence-corrected chi connectivity index (χ4v) is 2.27. The van der Waals surface area contributed by atoms with E-state index in [0.29, 0.717) is 13.0 Å². The van der Waals surface area contributed by atoms with Gasteiger partial charge in [-0.3, -0.25) is 9.59 Å². The molecule has 23 heavy (non-hydrogen) atoms. The van der Waals surface area contributed by atoms with Gasteiger partial charge in [-0.2, -0.15) is 5.10 Å². The van der Waals surface area contributed by atoms with Crippen LogP contribution in [0.15, 0.2) is 64.2 Å². The van der Waals surface area contributed by atoms with Crippen molar-refractivity contribution in [3.8, 4) is 0 Å². The van der Waals surface area contributed by atoms with Gasteiger partial charge in [-0.15, -0.1) is 0 Å². The third-order valence-electron chi connectivity index (χ3n) is 2.98. The number of nitrogens with zero attached hydrogens (tertiary/aromatic N) is 1. The summed E-state index contributed by atoms with van der Waals surface area (Å²) in [6, 6.07) is 17.1. The van der Waals surface area contributed by atoms with Crippen molar-refractivity contribution in [2.45, 2.75) is 6.42 Å². The second-order valence-corrected chi connectivity index (χ2v) is 5.66. The van der Waals surface area contributed by atoms with Gasteiger partial charge in [0.15, 0.2) is 0 Å². The van der Waals surface area contributed by atoms with Gasteiger partial charge in [0.2, 0.25) is 0 Å². The van der Waals surface area contributed by atoms with Gasteiger partial charge in [0, 0.05) is 11.0 Å². The number of nitrogens with one attached hydrogen (secondary N) is 2. The average molecular weight is 374 g/mol. The van der Waals surface area contributed by atoms with E-state index >= 15 is 0 Å². The zero-order valence-electron chi connectivity index (χ0n) is 12.3. The number of halogens is 1. The van der Waals surface area contributed by atoms with Gasteiger partial charge in [0.05, 0.1) is 6.21 Å². The van der Waals surface area contributed by atoms with E-state index in [0.717, 1.165) is 15.6 Å². The number of rotatable bonds is 5. The highest BCUT2D eigenvalue weighted by atomic mass is 79.9. The molecule has 6 heteroatoms. The van der Waals surface area contributed by atoms with Crippen molar-refractivity contribution in [1.29, 1.82) is 0 Å². The van der Waals surface area contributed by atoms with Crippen molar-refractivity contribution in [3.05, 3.63) is 70.2 Å². The number of hydrogen-bond acceptors (Lipinski definition) is 3. The Kier molecular flexibility index (Phi) is 6.50. The molecule has 0 radical (unpaired) electrons. The molecule has 5 nitrogen and oxygen atoms in total. The lowest BCUT2D eigenvalue weighted by Gasteiger charge is -2.04. The van der Waals surface area contributed by atoms with E-state index in [2.05, 4.69) is 31.8 Å². The molecule has 0 bridgehead atoms. The lowest BCUT2D eigenvalue weighted by Crippen LogP contribution is -2.38. The molecule has 2 amide bonds. The van der Waals surface area contributed by atoms with Crippen molar-refractivity contribution >= 4 is 34.0 Å². The Morgan fingerprint density at radius 3 is 2.57 bits per heavy atom. The molecule has 0 atom stereocenters. The van der Waals surface area contributed by atoms with Crippen LogP contribution in [-0.4, -0.2) is 24.6 Å². The van der Waals surface area contributed by atoms with Crippen LogP contribution in [0.3, 0.4) is 0 Å². The topological polar surface area (TPSA) is 70.6 Å². The minimum atomic E-state index is -0.788. The van der Waals surface area contributed by atoms with Gasteiger partial charge in [0.25, 0.3) is 0 Å². The third-order valence-corrected chi connectivity index (χ3v) is 3.47. The van der Waals surface area contributed by atoms with Crippen molar-refractivity contribution < 1.29 is 9.59 Å². The van der Waals surface area contributed by atoms with E-state index in [9.17, 15) is 9.59 Å². The van der Waals surface area contributed by atoms with Crippen molar-refractivity contribution in [2.24, 2.45) is 5.10 Å². The lowest BCUT2D eigenvalue weighted by atomic mass is 10.1. The molecule has 2 N–H and O–H groups in total. The van der Waals surface area contributed by atoms with Crippen LogP contribution >= 0.6 is 15.9 Å². The highest BCUT2D eigenvalue weighted by Gasteiger charge is 2.11. The standard InChI is InChI=1S/C17H16BrN3O2/c18-15-8-4-7-14(11-15)12-20-21-17(23)16(22)19-10-9-13-5-2-1-3-6-13/h1-8,11-12H,9-10H2,(H,19,22)(H,21,23)/b20-12+. The van der Waals surface area contributed by atoms with Crippen molar-refractivity contribution in [1.82, 2.24) is 10.7 Å². The number of carbonyl (C=O) groups is 2. The van der Waals surface area contributed by atoms with E-state index in [1.165, 1.54) is 6.21 Å². The van der Waals surface area contributed by atoms with E-state index in [1.807, 2.05) is 54.6 Å². The summed E-state index contributed by atoms with van der Waals surface area (Å²) >= 11 is 3.34. The number of hydrazone groups is 1. The average Bonchev–Trinajstić information content (AvgIpc) is 2.55. The van der Waals surface area contributed by atoms with Crippen molar-refractivity contribution in [3.63, 3.8) is 0 Å². The van der Waals surface area contributed by atoms with E-state index in [1.54, 1.807) is 0 Å². The SMILES string of the molecule is O=C(NCCc1ccccc1)C(=O)N/N=C/c1cccc(Br)c1. The molecule has 0 fully saturated rings. The monoisotopic (exact) mass is 373 g/mol. The summed E-state index contributed by atoms with van der Waals surface area (Å²) in [5, 5.41) is 6.32. The summed E-state index contributed by atoms with van der Waals surface area (Å²) in [6.07, 6.45) is 2.14. The van der Waals surface area contributed by atoms with Crippen LogP contribution < -0.4 is 10.7 Å². The lowest BCUT2D eigenvalue weighted by molar-refractivity contribution is -0.139. The molecule has 118 valence electrons. The molecule has 2 aromatic rings. The quantitative estimate of drug-likeness (QED) is 0.479. The summed E-state index contributed by atoms with van der Waals surface area (Å²) in [5.41, 5.74) is 4.11. The van der Waals surface area contributed by atoms with Crippen LogP contribution in [0.2, 0.25) is 0 Å². The second-order valence-electron chi connectivity index (χ2n) is 4.75. The van der Waals surface area contributed by atoms with E-state index < -0.39 is 11.8 Å². The third kappa shape index (κ3) is 6.04. The predicted octanol–water partition coefficient (Wildman–Crippen LogP) is 2.26. The highest BCUT2D eigenvalue weighted by Crippen LogP contribution is 2.09. The van der Waals surface area contributed by atoms with Crippen LogP contribution in [0.1, 0.15) is 11.1 Å². The molecule has 0 aromatic heterocycles. The highest BCUT2D eigenvalue weighted by molar-refractivity contribution is 9.10. The van der Waals surface area contributed by atoms with Gasteiger partial charge in [-0.05, 0) is 29.7 Å². The van der Waals surface area contributed by atoms with E-state index in [4.69, 9.17) is 0 Å². The van der Waals surface area contributed by atoms with Crippen LogP contribution in [0, 0.1) is 0 Å². The maximum Gasteiger partial charge on any atom is 0.329 e. The first kappa shape index (κ1) is 16.9. The summed E-state index contributed by atoms with van der Waals surface area (Å²) in [5.74, 6) is -1.49. The molecule has 0 aliphatic rings. The van der Waals surface area contributed by atoms with Crippen LogP contribution in [0.5, 0.6) is 0 Å². The summed E-state index contributed by atoms with van der Waals surface area (Å²) in [6.45, 7) is 0.394. The van der Waals surface area contributed by atoms with Crippen molar-refractivity contribution in [2.75, 3.05) is 6.54 Å². The Morgan fingerprint density at radius 1 is 1.04 bits per heavy atom. The molecule has 0 unspecified atom stereocenters. The summed E-state index contributed by atoms with van der Waals surface area (Å²) in [4.78, 5) is 23.2. The Labute approximate surface area is 142 Å². The molecule has 0 saturated carbocycles. The molecule has 2 aromatic carbocycles. The number of carbonyl (C=O) groups excluding carboxylic acids is 2. The molecule has 0 spiro atoms. The normalized spacial score (nSPS) is 10.5. The first-order valence-corrected chi connectivity index (χ1v) is 7.85. The van der Waals surface area contributed by atoms with Crippen LogP contribution in [0.4, 0.5) is 0 Å². The predicted molar refractivity (Wildman–Crippen MR) is 93.0 cm³/mol. The Morgan fingerprint density at radius 2 is 1.83 bits per heavy atom. The molecular formula is C17H16BrN3O2. The van der Waals surface area contributed by atoms with Crippen LogP contribution in [0.25, 0.3) is 0 Å². The molecule has 0 aliphatic heterocycles. The largest absolute Gasteiger partial charge is 0.347 e. The fourth-order valence-electron chi connectivity index (χ4n) is 1.85. The molecule has 0 aliphatic carbocycles. The van der Waals surface area contributed by atoms with E-state index in [-0.39, 0.29) is 0 Å². The first-order chi connectivity index (χ1) is 11.1. The van der Waals surface area contributed by atoms with Gasteiger partial charge in [-0.1, -0.05) is 58.4 Å². The van der Waals surface area contributed by atoms with Gasteiger partial charge in [-0.25, -0.2) is 5.43 Å². The number of hydrogen-bond donors (Lipinski definition) is 2. The maximum atomic E-state index is 11.6. The minimum absolute atomic E-state index is 0.394. The Bertz CT molecular complexity index is 702. The zero-order valence-corrected chi connectivity index (χ0v) is 13.9. The summed E-state index contributed by atoms with van der Waals surface area (Å²) < 4.78 is 0.909. The summed E-state index contributed by atoms with van der Waals surface area (Å²) in [7, 11) is 0. The minimum Gasteiger partial charge on any atom is -0.347 e. The first-order valence-electron chi connectivity index (χ1n) is 7.06. The number of amides is 2. The second kappa shape index (κ2) is 8.85. The zero-order chi connectivity index (χ0) is 16.5. The van der Waals surface area contributed by atoms with Gasteiger partial charge >= 0.3 is 11.8 Å². The molecular weight excluding hydrogens is 358 g/mol. The molecule has 0 heterocycles. The van der Waals surface area contributed by atoms with Gasteiger partial charge in [0.1, 0.15) is 0 Å². The Balaban J connectivity index is 1.73. The maximum absolute atomic E-state index is 11.6. The van der Waals surface area contributed by atoms with Crippen LogP contribution in [-0.2, 0) is 16.0 Å². The smallest absolute Gasteiger partial charge is 0.329 e. The fraction of sp³-hybridized carbons (Fsp3) is 0.118. The molecule has 0 saturated heterocycles. The Hall–Kier alpha value is -2.47.